The summed E-state index contributed by atoms with van der Waals surface area (Å²) >= 11 is 0. The van der Waals surface area contributed by atoms with Gasteiger partial charge in [-0.15, -0.1) is 0 Å². The number of aliphatic hydroxyl groups is 1. The smallest absolute Gasteiger partial charge is 0.224 e. The van der Waals surface area contributed by atoms with Crippen LogP contribution in [0.1, 0.15) is 29.5 Å². The molecule has 1 aliphatic heterocycles. The highest BCUT2D eigenvalue weighted by atomic mass is 19.1. The molecule has 1 saturated carbocycles. The van der Waals surface area contributed by atoms with E-state index >= 15 is 0 Å². The fourth-order valence-electron chi connectivity index (χ4n) is 3.91. The Balaban J connectivity index is 1.45. The summed E-state index contributed by atoms with van der Waals surface area (Å²) < 4.78 is 33.6. The number of hydrogen-bond acceptors (Lipinski definition) is 4. The van der Waals surface area contributed by atoms with Crippen molar-refractivity contribution in [3.8, 4) is 0 Å². The minimum atomic E-state index is -0.648. The van der Waals surface area contributed by atoms with Crippen LogP contribution in [-0.2, 0) is 9.53 Å². The van der Waals surface area contributed by atoms with E-state index in [0.717, 1.165) is 0 Å². The van der Waals surface area contributed by atoms with Crippen LogP contribution in [0.2, 0.25) is 0 Å². The molecule has 29 heavy (non-hydrogen) atoms. The first-order valence-corrected chi connectivity index (χ1v) is 9.86. The first kappa shape index (κ1) is 19.8. The van der Waals surface area contributed by atoms with Crippen molar-refractivity contribution < 1.29 is 23.4 Å². The Bertz CT molecular complexity index is 886. The van der Waals surface area contributed by atoms with E-state index in [1.54, 1.807) is 30.3 Å². The van der Waals surface area contributed by atoms with Gasteiger partial charge in [-0.3, -0.25) is 4.79 Å². The van der Waals surface area contributed by atoms with E-state index in [9.17, 15) is 18.7 Å². The standard InChI is InChI=1S/C22H24F2N2O3/c23-18-4-2-1-3-15(18)16-12-17(16)22(28)25-20(13-27)14-5-6-19(24)21(11-14)26-7-9-29-10-8-26/h1-6,11,16-17,20,27H,7-10,12-13H2,(H,25,28). The quantitative estimate of drug-likeness (QED) is 0.780. The first-order chi connectivity index (χ1) is 14.1. The molecule has 1 aliphatic carbocycles. The zero-order chi connectivity index (χ0) is 20.4. The lowest BCUT2D eigenvalue weighted by Crippen LogP contribution is -2.37. The number of benzene rings is 2. The highest BCUT2D eigenvalue weighted by Crippen LogP contribution is 2.48. The molecule has 0 radical (unpaired) electrons. The third-order valence-corrected chi connectivity index (χ3v) is 5.66. The third kappa shape index (κ3) is 4.26. The molecule has 2 aromatic rings. The normalized spacial score (nSPS) is 22.2. The zero-order valence-corrected chi connectivity index (χ0v) is 16.0. The van der Waals surface area contributed by atoms with Crippen LogP contribution in [0.4, 0.5) is 14.5 Å². The second kappa shape index (κ2) is 8.47. The van der Waals surface area contributed by atoms with E-state index in [4.69, 9.17) is 4.74 Å². The predicted octanol–water partition coefficient (Wildman–Crippen LogP) is 2.75. The van der Waals surface area contributed by atoms with Gasteiger partial charge in [0.05, 0.1) is 31.5 Å². The Hall–Kier alpha value is -2.51. The molecular formula is C22H24F2N2O3. The van der Waals surface area contributed by atoms with Crippen molar-refractivity contribution in [1.82, 2.24) is 5.32 Å². The third-order valence-electron chi connectivity index (χ3n) is 5.66. The molecule has 2 fully saturated rings. The average Bonchev–Trinajstić information content (AvgIpc) is 3.54. The number of halogens is 2. The van der Waals surface area contributed by atoms with Crippen LogP contribution in [0.15, 0.2) is 42.5 Å². The van der Waals surface area contributed by atoms with Crippen molar-refractivity contribution in [3.63, 3.8) is 0 Å². The van der Waals surface area contributed by atoms with Crippen molar-refractivity contribution in [3.05, 3.63) is 65.2 Å². The highest BCUT2D eigenvalue weighted by Gasteiger charge is 2.45. The van der Waals surface area contributed by atoms with Crippen LogP contribution in [0.25, 0.3) is 0 Å². The van der Waals surface area contributed by atoms with E-state index in [-0.39, 0.29) is 36.0 Å². The Morgan fingerprint density at radius 3 is 2.66 bits per heavy atom. The summed E-state index contributed by atoms with van der Waals surface area (Å²) in [5.74, 6) is -1.34. The van der Waals surface area contributed by atoms with Gasteiger partial charge >= 0.3 is 0 Å². The molecule has 1 saturated heterocycles. The summed E-state index contributed by atoms with van der Waals surface area (Å²) in [6.45, 7) is 1.93. The summed E-state index contributed by atoms with van der Waals surface area (Å²) in [6.07, 6.45) is 0.577. The summed E-state index contributed by atoms with van der Waals surface area (Å²) in [5, 5.41) is 12.7. The van der Waals surface area contributed by atoms with Crippen LogP contribution >= 0.6 is 0 Å². The van der Waals surface area contributed by atoms with Gasteiger partial charge in [0.25, 0.3) is 0 Å². The molecule has 154 valence electrons. The fraction of sp³-hybridized carbons (Fsp3) is 0.409. The molecule has 2 N–H and O–H groups in total. The van der Waals surface area contributed by atoms with Crippen LogP contribution in [0.3, 0.4) is 0 Å². The predicted molar refractivity (Wildman–Crippen MR) is 105 cm³/mol. The van der Waals surface area contributed by atoms with Gasteiger partial charge in [-0.05, 0) is 41.7 Å². The molecule has 5 nitrogen and oxygen atoms in total. The number of carbonyl (C=O) groups excluding carboxylic acids is 1. The van der Waals surface area contributed by atoms with E-state index in [2.05, 4.69) is 5.32 Å². The number of anilines is 1. The summed E-state index contributed by atoms with van der Waals surface area (Å²) in [4.78, 5) is 14.5. The van der Waals surface area contributed by atoms with E-state index in [0.29, 0.717) is 49.5 Å². The van der Waals surface area contributed by atoms with Crippen molar-refractivity contribution in [2.24, 2.45) is 5.92 Å². The van der Waals surface area contributed by atoms with Crippen molar-refractivity contribution in [1.29, 1.82) is 0 Å². The van der Waals surface area contributed by atoms with Crippen LogP contribution < -0.4 is 10.2 Å². The number of rotatable bonds is 6. The number of amides is 1. The minimum Gasteiger partial charge on any atom is -0.394 e. The summed E-state index contributed by atoms with van der Waals surface area (Å²) in [7, 11) is 0. The van der Waals surface area contributed by atoms with E-state index < -0.39 is 6.04 Å². The monoisotopic (exact) mass is 402 g/mol. The van der Waals surface area contributed by atoms with Crippen LogP contribution in [-0.4, -0.2) is 43.9 Å². The molecule has 0 bridgehead atoms. The summed E-state index contributed by atoms with van der Waals surface area (Å²) in [5.41, 5.74) is 1.62. The number of hydrogen-bond donors (Lipinski definition) is 2. The van der Waals surface area contributed by atoms with E-state index in [1.807, 2.05) is 4.90 Å². The molecular weight excluding hydrogens is 378 g/mol. The number of morpholine rings is 1. The Labute approximate surface area is 168 Å². The van der Waals surface area contributed by atoms with Gasteiger partial charge < -0.3 is 20.1 Å². The highest BCUT2D eigenvalue weighted by molar-refractivity contribution is 5.83. The number of nitrogens with zero attached hydrogens (tertiary/aromatic N) is 1. The maximum Gasteiger partial charge on any atom is 0.224 e. The van der Waals surface area contributed by atoms with Gasteiger partial charge in [0.1, 0.15) is 11.6 Å². The van der Waals surface area contributed by atoms with Crippen molar-refractivity contribution >= 4 is 11.6 Å². The van der Waals surface area contributed by atoms with E-state index in [1.165, 1.54) is 12.1 Å². The van der Waals surface area contributed by atoms with Gasteiger partial charge in [-0.2, -0.15) is 0 Å². The Morgan fingerprint density at radius 1 is 1.17 bits per heavy atom. The molecule has 0 aromatic heterocycles. The molecule has 1 heterocycles. The minimum absolute atomic E-state index is 0.146. The lowest BCUT2D eigenvalue weighted by molar-refractivity contribution is -0.123. The van der Waals surface area contributed by atoms with Gasteiger partial charge in [0.15, 0.2) is 0 Å². The van der Waals surface area contributed by atoms with Gasteiger partial charge in [0.2, 0.25) is 5.91 Å². The van der Waals surface area contributed by atoms with Crippen LogP contribution in [0.5, 0.6) is 0 Å². The lowest BCUT2D eigenvalue weighted by Gasteiger charge is -2.30. The van der Waals surface area contributed by atoms with Gasteiger partial charge in [0, 0.05) is 19.0 Å². The maximum atomic E-state index is 14.3. The largest absolute Gasteiger partial charge is 0.394 e. The number of aliphatic hydroxyl groups excluding tert-OH is 1. The fourth-order valence-corrected chi connectivity index (χ4v) is 3.91. The number of ether oxygens (including phenoxy) is 1. The molecule has 0 spiro atoms. The average molecular weight is 402 g/mol. The molecule has 7 heteroatoms. The first-order valence-electron chi connectivity index (χ1n) is 9.86. The number of carbonyl (C=O) groups is 1. The second-order valence-corrected chi connectivity index (χ2v) is 7.52. The van der Waals surface area contributed by atoms with Crippen molar-refractivity contribution in [2.45, 2.75) is 18.4 Å². The molecule has 2 aliphatic rings. The molecule has 3 atom stereocenters. The molecule has 1 amide bonds. The SMILES string of the molecule is O=C(NC(CO)c1ccc(F)c(N2CCOCC2)c1)C1CC1c1ccccc1F. The topological polar surface area (TPSA) is 61.8 Å². The number of nitrogens with one attached hydrogen (secondary N) is 1. The lowest BCUT2D eigenvalue weighted by atomic mass is 10.0. The maximum absolute atomic E-state index is 14.3. The van der Waals surface area contributed by atoms with Crippen LogP contribution in [0, 0.1) is 17.6 Å². The molecule has 2 aromatic carbocycles. The Kier molecular flexibility index (Phi) is 5.78. The molecule has 3 unspecified atom stereocenters. The zero-order valence-electron chi connectivity index (χ0n) is 16.0. The summed E-state index contributed by atoms with van der Waals surface area (Å²) in [6, 6.07) is 10.4. The Morgan fingerprint density at radius 2 is 1.93 bits per heavy atom. The van der Waals surface area contributed by atoms with Gasteiger partial charge in [-0.1, -0.05) is 24.3 Å². The second-order valence-electron chi connectivity index (χ2n) is 7.52. The molecule has 4 rings (SSSR count). The van der Waals surface area contributed by atoms with Gasteiger partial charge in [-0.25, -0.2) is 8.78 Å². The van der Waals surface area contributed by atoms with Crippen molar-refractivity contribution in [2.75, 3.05) is 37.8 Å².